The van der Waals surface area contributed by atoms with Crippen molar-refractivity contribution in [3.05, 3.63) is 35.6 Å². The average molecular weight is 392 g/mol. The van der Waals surface area contributed by atoms with Gasteiger partial charge < -0.3 is 20.4 Å². The highest BCUT2D eigenvalue weighted by atomic mass is 19.1. The van der Waals surface area contributed by atoms with Crippen molar-refractivity contribution in [2.45, 2.75) is 39.0 Å². The summed E-state index contributed by atoms with van der Waals surface area (Å²) in [6.45, 7) is 15.2. The molecular formula is C22H38FN5. The van der Waals surface area contributed by atoms with E-state index in [0.29, 0.717) is 6.54 Å². The van der Waals surface area contributed by atoms with Crippen LogP contribution in [0.2, 0.25) is 0 Å². The van der Waals surface area contributed by atoms with Crippen LogP contribution in [0.5, 0.6) is 0 Å². The maximum absolute atomic E-state index is 13.5. The first-order valence-corrected chi connectivity index (χ1v) is 10.6. The molecule has 2 rings (SSSR count). The van der Waals surface area contributed by atoms with Crippen molar-refractivity contribution < 1.29 is 4.39 Å². The quantitative estimate of drug-likeness (QED) is 0.386. The second-order valence-corrected chi connectivity index (χ2v) is 8.23. The van der Waals surface area contributed by atoms with Gasteiger partial charge in [-0.1, -0.05) is 32.9 Å². The number of benzene rings is 1. The van der Waals surface area contributed by atoms with Crippen molar-refractivity contribution in [1.82, 2.24) is 20.4 Å². The second kappa shape index (κ2) is 11.4. The fourth-order valence-electron chi connectivity index (χ4n) is 3.53. The Balaban J connectivity index is 1.63. The minimum Gasteiger partial charge on any atom is -0.356 e. The largest absolute Gasteiger partial charge is 0.356 e. The summed E-state index contributed by atoms with van der Waals surface area (Å²) in [5.74, 6) is 0.616. The summed E-state index contributed by atoms with van der Waals surface area (Å²) in [7, 11) is 1.79. The summed E-state index contributed by atoms with van der Waals surface area (Å²) in [6.07, 6.45) is 2.33. The molecule has 0 radical (unpaired) electrons. The predicted octanol–water partition coefficient (Wildman–Crippen LogP) is 2.69. The van der Waals surface area contributed by atoms with Crippen molar-refractivity contribution in [3.8, 4) is 0 Å². The molecule has 28 heavy (non-hydrogen) atoms. The van der Waals surface area contributed by atoms with Gasteiger partial charge in [-0.3, -0.25) is 4.99 Å². The number of nitrogens with one attached hydrogen (secondary N) is 2. The summed E-state index contributed by atoms with van der Waals surface area (Å²) in [6, 6.07) is 6.83. The van der Waals surface area contributed by atoms with E-state index in [1.165, 1.54) is 51.8 Å². The van der Waals surface area contributed by atoms with E-state index in [-0.39, 0.29) is 11.2 Å². The van der Waals surface area contributed by atoms with Gasteiger partial charge in [0.2, 0.25) is 0 Å². The Morgan fingerprint density at radius 2 is 1.82 bits per heavy atom. The average Bonchev–Trinajstić information content (AvgIpc) is 2.70. The maximum atomic E-state index is 13.5. The van der Waals surface area contributed by atoms with Crippen LogP contribution in [0.15, 0.2) is 29.3 Å². The summed E-state index contributed by atoms with van der Waals surface area (Å²) in [5, 5.41) is 6.78. The molecule has 1 aromatic rings. The summed E-state index contributed by atoms with van der Waals surface area (Å²) >= 11 is 0. The molecule has 0 aromatic heterocycles. The van der Waals surface area contributed by atoms with E-state index < -0.39 is 0 Å². The fraction of sp³-hybridized carbons (Fsp3) is 0.682. The van der Waals surface area contributed by atoms with Gasteiger partial charge in [0.05, 0.1) is 0 Å². The van der Waals surface area contributed by atoms with Crippen LogP contribution in [0.4, 0.5) is 4.39 Å². The molecule has 1 heterocycles. The first-order chi connectivity index (χ1) is 13.4. The molecule has 0 unspecified atom stereocenters. The predicted molar refractivity (Wildman–Crippen MR) is 117 cm³/mol. The van der Waals surface area contributed by atoms with Crippen LogP contribution in [0.25, 0.3) is 0 Å². The monoisotopic (exact) mass is 391 g/mol. The number of hydrogen-bond acceptors (Lipinski definition) is 3. The molecular weight excluding hydrogens is 353 g/mol. The first kappa shape index (κ1) is 22.6. The van der Waals surface area contributed by atoms with Gasteiger partial charge in [-0.05, 0) is 43.6 Å². The van der Waals surface area contributed by atoms with Crippen LogP contribution in [0.3, 0.4) is 0 Å². The summed E-state index contributed by atoms with van der Waals surface area (Å²) < 4.78 is 13.5. The van der Waals surface area contributed by atoms with Gasteiger partial charge >= 0.3 is 0 Å². The number of guanidine groups is 1. The molecule has 0 amide bonds. The molecule has 2 N–H and O–H groups in total. The minimum atomic E-state index is -0.191. The Bertz CT molecular complexity index is 609. The van der Waals surface area contributed by atoms with Gasteiger partial charge in [0.15, 0.2) is 5.96 Å². The fourth-order valence-corrected chi connectivity index (χ4v) is 3.53. The van der Waals surface area contributed by atoms with Crippen molar-refractivity contribution in [2.24, 2.45) is 4.99 Å². The van der Waals surface area contributed by atoms with Gasteiger partial charge in [-0.2, -0.15) is 0 Å². The van der Waals surface area contributed by atoms with Gasteiger partial charge in [0.1, 0.15) is 5.82 Å². The standard InChI is InChI=1S/C22H38FN5/c1-5-27-13-15-28(16-14-27)12-7-6-11-25-21(24-4)26-18-22(2,3)19-9-8-10-20(23)17-19/h8-10,17H,5-7,11-16,18H2,1-4H3,(H2,24,25,26). The van der Waals surface area contributed by atoms with Gasteiger partial charge in [0, 0.05) is 51.7 Å². The molecule has 0 spiro atoms. The maximum Gasteiger partial charge on any atom is 0.191 e. The Hall–Kier alpha value is -1.66. The SMILES string of the molecule is CCN1CCN(CCCCNC(=NC)NCC(C)(C)c2cccc(F)c2)CC1. The number of likely N-dealkylation sites (N-methyl/N-ethyl adjacent to an activating group) is 1. The Labute approximate surface area is 170 Å². The Kier molecular flexibility index (Phi) is 9.19. The van der Waals surface area contributed by atoms with Crippen LogP contribution < -0.4 is 10.6 Å². The number of halogens is 1. The first-order valence-electron chi connectivity index (χ1n) is 10.6. The molecule has 1 aliphatic rings. The zero-order valence-corrected chi connectivity index (χ0v) is 18.1. The summed E-state index contributed by atoms with van der Waals surface area (Å²) in [5.41, 5.74) is 0.805. The van der Waals surface area contributed by atoms with Crippen LogP contribution in [-0.4, -0.2) is 75.2 Å². The Morgan fingerprint density at radius 1 is 1.11 bits per heavy atom. The topological polar surface area (TPSA) is 42.9 Å². The van der Waals surface area contributed by atoms with E-state index in [2.05, 4.69) is 46.2 Å². The lowest BCUT2D eigenvalue weighted by Gasteiger charge is -2.34. The number of nitrogens with zero attached hydrogens (tertiary/aromatic N) is 3. The number of aliphatic imine (C=N–C) groups is 1. The molecule has 5 nitrogen and oxygen atoms in total. The lowest BCUT2D eigenvalue weighted by atomic mass is 9.84. The molecule has 0 saturated carbocycles. The third-order valence-corrected chi connectivity index (χ3v) is 5.63. The molecule has 1 saturated heterocycles. The minimum absolute atomic E-state index is 0.180. The molecule has 0 bridgehead atoms. The van der Waals surface area contributed by atoms with Crippen molar-refractivity contribution in [2.75, 3.05) is 59.4 Å². The van der Waals surface area contributed by atoms with E-state index in [1.807, 2.05) is 6.07 Å². The second-order valence-electron chi connectivity index (χ2n) is 8.23. The lowest BCUT2D eigenvalue weighted by Crippen LogP contribution is -2.46. The molecule has 1 fully saturated rings. The molecule has 158 valence electrons. The summed E-state index contributed by atoms with van der Waals surface area (Å²) in [4.78, 5) is 9.40. The van der Waals surface area contributed by atoms with Gasteiger partial charge in [0.25, 0.3) is 0 Å². The zero-order chi connectivity index (χ0) is 20.4. The highest BCUT2D eigenvalue weighted by Crippen LogP contribution is 2.22. The van der Waals surface area contributed by atoms with Crippen LogP contribution in [-0.2, 0) is 5.41 Å². The highest BCUT2D eigenvalue weighted by molar-refractivity contribution is 5.79. The van der Waals surface area contributed by atoms with Crippen molar-refractivity contribution >= 4 is 5.96 Å². The van der Waals surface area contributed by atoms with E-state index in [1.54, 1.807) is 19.2 Å². The third-order valence-electron chi connectivity index (χ3n) is 5.63. The Morgan fingerprint density at radius 3 is 2.46 bits per heavy atom. The number of rotatable bonds is 9. The van der Waals surface area contributed by atoms with Gasteiger partial charge in [-0.25, -0.2) is 4.39 Å². The van der Waals surface area contributed by atoms with Crippen LogP contribution in [0, 0.1) is 5.82 Å². The zero-order valence-electron chi connectivity index (χ0n) is 18.1. The molecule has 1 aliphatic heterocycles. The normalized spacial score (nSPS) is 17.0. The highest BCUT2D eigenvalue weighted by Gasteiger charge is 2.21. The third kappa shape index (κ3) is 7.40. The van der Waals surface area contributed by atoms with Gasteiger partial charge in [-0.15, -0.1) is 0 Å². The number of piperazine rings is 1. The molecule has 1 aromatic carbocycles. The van der Waals surface area contributed by atoms with Crippen molar-refractivity contribution in [1.29, 1.82) is 0 Å². The molecule has 0 atom stereocenters. The molecule has 0 aliphatic carbocycles. The lowest BCUT2D eigenvalue weighted by molar-refractivity contribution is 0.136. The smallest absolute Gasteiger partial charge is 0.191 e. The van der Waals surface area contributed by atoms with Crippen LogP contribution >= 0.6 is 0 Å². The van der Waals surface area contributed by atoms with E-state index in [0.717, 1.165) is 24.5 Å². The van der Waals surface area contributed by atoms with Crippen LogP contribution in [0.1, 0.15) is 39.2 Å². The van der Waals surface area contributed by atoms with E-state index in [4.69, 9.17) is 0 Å². The van der Waals surface area contributed by atoms with Crippen molar-refractivity contribution in [3.63, 3.8) is 0 Å². The van der Waals surface area contributed by atoms with E-state index >= 15 is 0 Å². The number of unbranched alkanes of at least 4 members (excludes halogenated alkanes) is 1. The molecule has 6 heteroatoms. The van der Waals surface area contributed by atoms with E-state index in [9.17, 15) is 4.39 Å². The number of hydrogen-bond donors (Lipinski definition) is 2.